The highest BCUT2D eigenvalue weighted by Crippen LogP contribution is 2.17. The van der Waals surface area contributed by atoms with E-state index in [0.717, 1.165) is 26.2 Å². The summed E-state index contributed by atoms with van der Waals surface area (Å²) in [6, 6.07) is 5.47. The Morgan fingerprint density at radius 1 is 1.48 bits per heavy atom. The number of benzene rings is 1. The first-order chi connectivity index (χ1) is 10.1. The number of likely N-dealkylation sites (N-methyl/N-ethyl adjacent to an activating group) is 1. The zero-order valence-corrected chi connectivity index (χ0v) is 12.6. The third-order valence-corrected chi connectivity index (χ3v) is 4.11. The summed E-state index contributed by atoms with van der Waals surface area (Å²) in [6.07, 6.45) is 0. The van der Waals surface area contributed by atoms with Crippen molar-refractivity contribution in [2.45, 2.75) is 26.4 Å². The second-order valence-corrected chi connectivity index (χ2v) is 5.48. The van der Waals surface area contributed by atoms with Crippen LogP contribution in [0.1, 0.15) is 25.0 Å². The van der Waals surface area contributed by atoms with Crippen LogP contribution in [-0.4, -0.2) is 53.1 Å². The van der Waals surface area contributed by atoms with Gasteiger partial charge in [-0.3, -0.25) is 9.80 Å². The molecule has 1 saturated heterocycles. The van der Waals surface area contributed by atoms with Gasteiger partial charge in [0.1, 0.15) is 5.82 Å². The van der Waals surface area contributed by atoms with Gasteiger partial charge in [0.2, 0.25) is 0 Å². The van der Waals surface area contributed by atoms with Crippen molar-refractivity contribution in [3.05, 3.63) is 35.1 Å². The Morgan fingerprint density at radius 2 is 2.24 bits per heavy atom. The molecule has 0 aliphatic carbocycles. The average Bonchev–Trinajstić information content (AvgIpc) is 2.49. The molecule has 0 saturated carbocycles. The first-order valence-corrected chi connectivity index (χ1v) is 7.28. The lowest BCUT2D eigenvalue weighted by atomic mass is 10.1. The van der Waals surface area contributed by atoms with Crippen LogP contribution in [0.3, 0.4) is 0 Å². The molecule has 21 heavy (non-hydrogen) atoms. The lowest BCUT2D eigenvalue weighted by Gasteiger charge is -2.39. The summed E-state index contributed by atoms with van der Waals surface area (Å²) in [7, 11) is 0. The molecule has 1 unspecified atom stereocenters. The molecule has 1 aromatic rings. The monoisotopic (exact) mass is 294 g/mol. The number of hydrogen-bond acceptors (Lipinski definition) is 4. The molecule has 0 radical (unpaired) electrons. The van der Waals surface area contributed by atoms with E-state index in [4.69, 9.17) is 10.9 Å². The Balaban J connectivity index is 2.10. The molecule has 1 heterocycles. The molecule has 1 atom stereocenters. The van der Waals surface area contributed by atoms with Crippen molar-refractivity contribution in [3.8, 4) is 0 Å². The molecule has 0 aromatic heterocycles. The Bertz CT molecular complexity index is 520. The second kappa shape index (κ2) is 6.87. The van der Waals surface area contributed by atoms with Crippen molar-refractivity contribution in [2.75, 3.05) is 26.2 Å². The molecule has 6 heteroatoms. The third-order valence-electron chi connectivity index (χ3n) is 4.11. The zero-order valence-electron chi connectivity index (χ0n) is 12.6. The first kappa shape index (κ1) is 15.7. The van der Waals surface area contributed by atoms with Crippen molar-refractivity contribution >= 4 is 5.84 Å². The fourth-order valence-corrected chi connectivity index (χ4v) is 2.88. The summed E-state index contributed by atoms with van der Waals surface area (Å²) in [5, 5.41) is 11.6. The van der Waals surface area contributed by atoms with Crippen molar-refractivity contribution in [1.29, 1.82) is 0 Å². The van der Waals surface area contributed by atoms with Gasteiger partial charge in [0.25, 0.3) is 0 Å². The maximum absolute atomic E-state index is 14.4. The van der Waals surface area contributed by atoms with Crippen LogP contribution in [0.15, 0.2) is 23.4 Å². The summed E-state index contributed by atoms with van der Waals surface area (Å²) in [4.78, 5) is 4.66. The van der Waals surface area contributed by atoms with Gasteiger partial charge in [-0.25, -0.2) is 4.39 Å². The van der Waals surface area contributed by atoms with Crippen LogP contribution in [0.5, 0.6) is 0 Å². The number of oxime groups is 1. The molecule has 1 aliphatic rings. The van der Waals surface area contributed by atoms with E-state index in [1.165, 1.54) is 6.07 Å². The van der Waals surface area contributed by atoms with Gasteiger partial charge in [0.15, 0.2) is 5.84 Å². The van der Waals surface area contributed by atoms with Crippen LogP contribution < -0.4 is 5.73 Å². The van der Waals surface area contributed by atoms with Crippen LogP contribution in [0.4, 0.5) is 4.39 Å². The number of amidine groups is 1. The van der Waals surface area contributed by atoms with E-state index in [1.54, 1.807) is 12.1 Å². The number of piperazine rings is 1. The first-order valence-electron chi connectivity index (χ1n) is 7.28. The maximum Gasteiger partial charge on any atom is 0.173 e. The summed E-state index contributed by atoms with van der Waals surface area (Å²) >= 11 is 0. The van der Waals surface area contributed by atoms with Crippen molar-refractivity contribution in [3.63, 3.8) is 0 Å². The van der Waals surface area contributed by atoms with Gasteiger partial charge in [-0.15, -0.1) is 0 Å². The Kier molecular flexibility index (Phi) is 5.14. The van der Waals surface area contributed by atoms with Gasteiger partial charge >= 0.3 is 0 Å². The highest BCUT2D eigenvalue weighted by molar-refractivity contribution is 5.97. The fourth-order valence-electron chi connectivity index (χ4n) is 2.88. The normalized spacial score (nSPS) is 21.7. The van der Waals surface area contributed by atoms with Crippen LogP contribution >= 0.6 is 0 Å². The number of hydrogen-bond donors (Lipinski definition) is 2. The molecule has 1 aromatic carbocycles. The fraction of sp³-hybridized carbons (Fsp3) is 0.533. The molecular weight excluding hydrogens is 271 g/mol. The minimum absolute atomic E-state index is 0.148. The Morgan fingerprint density at radius 3 is 2.86 bits per heavy atom. The smallest absolute Gasteiger partial charge is 0.173 e. The van der Waals surface area contributed by atoms with Crippen LogP contribution in [0.2, 0.25) is 0 Å². The minimum Gasteiger partial charge on any atom is -0.409 e. The molecule has 0 bridgehead atoms. The average molecular weight is 294 g/mol. The SMILES string of the molecule is CCN1CCN(Cc2cccc(/C(N)=N/O)c2F)CC1C. The molecule has 0 spiro atoms. The molecular formula is C15H23FN4O. The largest absolute Gasteiger partial charge is 0.409 e. The number of rotatable bonds is 4. The van der Waals surface area contributed by atoms with Crippen LogP contribution in [0, 0.1) is 5.82 Å². The second-order valence-electron chi connectivity index (χ2n) is 5.48. The van der Waals surface area contributed by atoms with E-state index < -0.39 is 5.82 Å². The van der Waals surface area contributed by atoms with Crippen molar-refractivity contribution < 1.29 is 9.60 Å². The predicted molar refractivity (Wildman–Crippen MR) is 80.9 cm³/mol. The molecule has 0 amide bonds. The lowest BCUT2D eigenvalue weighted by molar-refractivity contribution is 0.0827. The molecule has 1 fully saturated rings. The number of nitrogens with zero attached hydrogens (tertiary/aromatic N) is 3. The van der Waals surface area contributed by atoms with Crippen molar-refractivity contribution in [1.82, 2.24) is 9.80 Å². The summed E-state index contributed by atoms with van der Waals surface area (Å²) in [5.74, 6) is -0.600. The standard InChI is InChI=1S/C15H23FN4O/c1-3-20-8-7-19(9-11(20)2)10-12-5-4-6-13(14(12)16)15(17)18-21/h4-6,11,21H,3,7-10H2,1-2H3,(H2,17,18). The summed E-state index contributed by atoms with van der Waals surface area (Å²) in [6.45, 7) is 8.78. The van der Waals surface area contributed by atoms with E-state index >= 15 is 0 Å². The maximum atomic E-state index is 14.4. The van der Waals surface area contributed by atoms with Gasteiger partial charge in [-0.05, 0) is 19.5 Å². The van der Waals surface area contributed by atoms with E-state index in [0.29, 0.717) is 18.2 Å². The molecule has 116 valence electrons. The Labute approximate surface area is 124 Å². The predicted octanol–water partition coefficient (Wildman–Crippen LogP) is 1.45. The van der Waals surface area contributed by atoms with Crippen molar-refractivity contribution in [2.24, 2.45) is 10.9 Å². The van der Waals surface area contributed by atoms with Gasteiger partial charge in [-0.1, -0.05) is 24.2 Å². The van der Waals surface area contributed by atoms with E-state index in [9.17, 15) is 4.39 Å². The number of nitrogens with two attached hydrogens (primary N) is 1. The molecule has 2 rings (SSSR count). The molecule has 5 nitrogen and oxygen atoms in total. The summed E-state index contributed by atoms with van der Waals surface area (Å²) in [5.41, 5.74) is 6.22. The van der Waals surface area contributed by atoms with Crippen LogP contribution in [0.25, 0.3) is 0 Å². The van der Waals surface area contributed by atoms with Crippen LogP contribution in [-0.2, 0) is 6.54 Å². The Hall–Kier alpha value is -1.66. The van der Waals surface area contributed by atoms with E-state index in [2.05, 4.69) is 28.8 Å². The van der Waals surface area contributed by atoms with Gasteiger partial charge < -0.3 is 10.9 Å². The summed E-state index contributed by atoms with van der Waals surface area (Å²) < 4.78 is 14.4. The van der Waals surface area contributed by atoms with Gasteiger partial charge in [0.05, 0.1) is 5.56 Å². The topological polar surface area (TPSA) is 65.1 Å². The highest BCUT2D eigenvalue weighted by atomic mass is 19.1. The zero-order chi connectivity index (χ0) is 15.4. The molecule has 3 N–H and O–H groups in total. The number of halogens is 1. The van der Waals surface area contributed by atoms with E-state index in [-0.39, 0.29) is 11.4 Å². The van der Waals surface area contributed by atoms with E-state index in [1.807, 2.05) is 0 Å². The minimum atomic E-state index is -0.404. The third kappa shape index (κ3) is 3.51. The molecule has 1 aliphatic heterocycles. The highest BCUT2D eigenvalue weighted by Gasteiger charge is 2.23. The van der Waals surface area contributed by atoms with Gasteiger partial charge in [-0.2, -0.15) is 0 Å². The lowest BCUT2D eigenvalue weighted by Crippen LogP contribution is -2.51. The quantitative estimate of drug-likeness (QED) is 0.382. The van der Waals surface area contributed by atoms with Gasteiger partial charge in [0, 0.05) is 37.8 Å².